The molecule has 1 aromatic carbocycles. The van der Waals surface area contributed by atoms with E-state index in [1.165, 1.54) is 7.11 Å². The van der Waals surface area contributed by atoms with Crippen LogP contribution >= 0.6 is 23.1 Å². The van der Waals surface area contributed by atoms with Gasteiger partial charge in [-0.05, 0) is 19.1 Å². The van der Waals surface area contributed by atoms with Crippen LogP contribution in [0, 0.1) is 12.8 Å². The van der Waals surface area contributed by atoms with E-state index in [1.807, 2.05) is 19.1 Å². The van der Waals surface area contributed by atoms with Crippen molar-refractivity contribution in [2.24, 2.45) is 5.92 Å². The highest BCUT2D eigenvalue weighted by Crippen LogP contribution is 2.51. The predicted octanol–water partition coefficient (Wildman–Crippen LogP) is 1.67. The molecule has 0 bridgehead atoms. The summed E-state index contributed by atoms with van der Waals surface area (Å²) in [5, 5.41) is -0.311. The number of fused-ring (bicyclic) bond motifs is 2. The summed E-state index contributed by atoms with van der Waals surface area (Å²) in [4.78, 5) is 54.1. The Kier molecular flexibility index (Phi) is 4.00. The number of aromatic amines is 1. The molecule has 0 saturated carbocycles. The van der Waals surface area contributed by atoms with Crippen molar-refractivity contribution in [1.82, 2.24) is 4.98 Å². The Bertz CT molecular complexity index is 978. The van der Waals surface area contributed by atoms with Crippen LogP contribution in [0.1, 0.15) is 16.4 Å². The number of carbonyl (C=O) groups is 3. The average molecular weight is 390 g/mol. The van der Waals surface area contributed by atoms with Gasteiger partial charge in [0.05, 0.1) is 28.6 Å². The van der Waals surface area contributed by atoms with Crippen molar-refractivity contribution in [3.63, 3.8) is 0 Å². The summed E-state index contributed by atoms with van der Waals surface area (Å²) in [5.74, 6) is -3.31. The minimum Gasteiger partial charge on any atom is -0.469 e. The molecule has 0 aliphatic carbocycles. The third-order valence-electron chi connectivity index (χ3n) is 4.57. The molecule has 26 heavy (non-hydrogen) atoms. The first-order valence-electron chi connectivity index (χ1n) is 7.84. The third-order valence-corrected chi connectivity index (χ3v) is 6.97. The highest BCUT2D eigenvalue weighted by Gasteiger charge is 2.58. The molecule has 2 amide bonds. The lowest BCUT2D eigenvalue weighted by molar-refractivity contribution is -0.145. The number of anilines is 1. The number of ether oxygens (including phenoxy) is 1. The molecule has 3 heterocycles. The number of benzene rings is 1. The highest BCUT2D eigenvalue weighted by atomic mass is 32.2. The van der Waals surface area contributed by atoms with Crippen LogP contribution in [0.3, 0.4) is 0 Å². The van der Waals surface area contributed by atoms with Crippen molar-refractivity contribution in [3.05, 3.63) is 44.4 Å². The normalized spacial score (nSPS) is 24.4. The van der Waals surface area contributed by atoms with Crippen LogP contribution in [-0.2, 0) is 19.1 Å². The minimum absolute atomic E-state index is 0.327. The number of imide groups is 1. The molecular weight excluding hydrogens is 376 g/mol. The minimum atomic E-state index is -0.961. The summed E-state index contributed by atoms with van der Waals surface area (Å²) in [6, 6.07) is 7.05. The summed E-state index contributed by atoms with van der Waals surface area (Å²) in [6.45, 7) is 1.91. The maximum Gasteiger partial charge on any atom is 0.314 e. The molecule has 0 radical (unpaired) electrons. The number of aryl methyl sites for hydroxylation is 1. The van der Waals surface area contributed by atoms with Crippen LogP contribution in [-0.4, -0.2) is 35.1 Å². The summed E-state index contributed by atoms with van der Waals surface area (Å²) >= 11 is 2.01. The summed E-state index contributed by atoms with van der Waals surface area (Å²) in [7, 11) is 1.23. The molecule has 2 aromatic rings. The average Bonchev–Trinajstić information content (AvgIpc) is 3.11. The second-order valence-electron chi connectivity index (χ2n) is 6.12. The summed E-state index contributed by atoms with van der Waals surface area (Å²) in [6.07, 6.45) is 0. The van der Waals surface area contributed by atoms with Gasteiger partial charge in [0.25, 0.3) is 0 Å². The van der Waals surface area contributed by atoms with Crippen LogP contribution in [0.25, 0.3) is 0 Å². The van der Waals surface area contributed by atoms with Crippen molar-refractivity contribution >= 4 is 46.6 Å². The number of thiazole rings is 1. The topological polar surface area (TPSA) is 96.5 Å². The van der Waals surface area contributed by atoms with Crippen LogP contribution < -0.4 is 9.77 Å². The fraction of sp³-hybridized carbons (Fsp3) is 0.294. The Balaban J connectivity index is 1.81. The molecule has 1 N–H and O–H groups in total. The largest absolute Gasteiger partial charge is 0.469 e. The van der Waals surface area contributed by atoms with Crippen molar-refractivity contribution < 1.29 is 19.1 Å². The van der Waals surface area contributed by atoms with Crippen molar-refractivity contribution in [2.45, 2.75) is 23.1 Å². The summed E-state index contributed by atoms with van der Waals surface area (Å²) in [5.41, 5.74) is 1.48. The maximum atomic E-state index is 13.1. The molecule has 134 valence electrons. The van der Waals surface area contributed by atoms with Gasteiger partial charge in [-0.1, -0.05) is 40.8 Å². The Morgan fingerprint density at radius 1 is 1.15 bits per heavy atom. The van der Waals surface area contributed by atoms with E-state index in [0.29, 0.717) is 15.6 Å². The molecule has 1 aromatic heterocycles. The van der Waals surface area contributed by atoms with Crippen molar-refractivity contribution in [1.29, 1.82) is 0 Å². The predicted molar refractivity (Wildman–Crippen MR) is 96.5 cm³/mol. The van der Waals surface area contributed by atoms with Gasteiger partial charge in [0, 0.05) is 0 Å². The fourth-order valence-corrected chi connectivity index (χ4v) is 5.82. The number of aromatic nitrogens is 1. The Labute approximate surface area is 156 Å². The molecule has 2 aliphatic rings. The second kappa shape index (κ2) is 6.10. The number of methoxy groups -OCH3 is 1. The third kappa shape index (κ3) is 2.42. The molecule has 1 saturated heterocycles. The van der Waals surface area contributed by atoms with Gasteiger partial charge in [-0.15, -0.1) is 0 Å². The molecule has 2 aliphatic heterocycles. The number of carbonyl (C=O) groups excluding carboxylic acids is 3. The standard InChI is InChI=1S/C17H14N2O5S2/c1-7-3-5-8(6-4-7)19-14(20)9-10(16(22)24-2)11-13(18-17(23)26-11)25-12(9)15(19)21/h3-6,9-10,12H,1-2H3,(H,18,23)/t9-,10+,12-/m0/s1. The molecule has 0 spiro atoms. The van der Waals surface area contributed by atoms with E-state index in [2.05, 4.69) is 4.98 Å². The Hall–Kier alpha value is -2.39. The fourth-order valence-electron chi connectivity index (χ4n) is 3.35. The van der Waals surface area contributed by atoms with Crippen molar-refractivity contribution in [2.75, 3.05) is 12.0 Å². The van der Waals surface area contributed by atoms with E-state index >= 15 is 0 Å². The second-order valence-corrected chi connectivity index (χ2v) is 8.29. The number of hydrogen-bond donors (Lipinski definition) is 1. The van der Waals surface area contributed by atoms with Gasteiger partial charge in [0.2, 0.25) is 11.8 Å². The van der Waals surface area contributed by atoms with Gasteiger partial charge in [-0.2, -0.15) is 0 Å². The Morgan fingerprint density at radius 3 is 2.50 bits per heavy atom. The number of hydrogen-bond acceptors (Lipinski definition) is 7. The number of esters is 1. The van der Waals surface area contributed by atoms with E-state index in [9.17, 15) is 19.2 Å². The molecule has 9 heteroatoms. The van der Waals surface area contributed by atoms with Crippen LogP contribution in [0.4, 0.5) is 5.69 Å². The lowest BCUT2D eigenvalue weighted by Gasteiger charge is -2.27. The zero-order valence-electron chi connectivity index (χ0n) is 13.8. The summed E-state index contributed by atoms with van der Waals surface area (Å²) < 4.78 is 4.86. The van der Waals surface area contributed by atoms with Crippen molar-refractivity contribution in [3.8, 4) is 0 Å². The smallest absolute Gasteiger partial charge is 0.314 e. The lowest BCUT2D eigenvalue weighted by Crippen LogP contribution is -2.35. The van der Waals surface area contributed by atoms with Crippen LogP contribution in [0.15, 0.2) is 34.1 Å². The van der Waals surface area contributed by atoms with Gasteiger partial charge in [-0.25, -0.2) is 4.90 Å². The number of amides is 2. The molecule has 7 nitrogen and oxygen atoms in total. The number of nitrogens with zero attached hydrogens (tertiary/aromatic N) is 1. The van der Waals surface area contributed by atoms with Gasteiger partial charge in [0.1, 0.15) is 11.2 Å². The molecule has 0 unspecified atom stereocenters. The SMILES string of the molecule is COC(=O)[C@H]1c2sc(=O)[nH]c2S[C@@H]2C(=O)N(c3ccc(C)cc3)C(=O)[C@H]21. The molecule has 1 fully saturated rings. The van der Waals surface area contributed by atoms with E-state index in [1.54, 1.807) is 12.1 Å². The maximum absolute atomic E-state index is 13.1. The van der Waals surface area contributed by atoms with Gasteiger partial charge in [-0.3, -0.25) is 19.2 Å². The molecule has 4 rings (SSSR count). The zero-order chi connectivity index (χ0) is 18.6. The number of H-pyrrole nitrogens is 1. The van der Waals surface area contributed by atoms with E-state index in [-0.39, 0.29) is 10.8 Å². The van der Waals surface area contributed by atoms with E-state index < -0.39 is 29.0 Å². The lowest BCUT2D eigenvalue weighted by atomic mass is 9.89. The number of nitrogens with one attached hydrogen (secondary N) is 1. The first-order chi connectivity index (χ1) is 12.4. The first-order valence-corrected chi connectivity index (χ1v) is 9.54. The zero-order valence-corrected chi connectivity index (χ0v) is 15.5. The van der Waals surface area contributed by atoms with E-state index in [0.717, 1.165) is 33.6 Å². The quantitative estimate of drug-likeness (QED) is 0.619. The van der Waals surface area contributed by atoms with Gasteiger partial charge < -0.3 is 9.72 Å². The van der Waals surface area contributed by atoms with E-state index in [4.69, 9.17) is 4.74 Å². The molecular formula is C17H14N2O5S2. The van der Waals surface area contributed by atoms with Crippen LogP contribution in [0.2, 0.25) is 0 Å². The van der Waals surface area contributed by atoms with Gasteiger partial charge in [0.15, 0.2) is 0 Å². The number of thioether (sulfide) groups is 1. The Morgan fingerprint density at radius 2 is 1.85 bits per heavy atom. The molecule has 3 atom stereocenters. The highest BCUT2D eigenvalue weighted by molar-refractivity contribution is 8.00. The van der Waals surface area contributed by atoms with Crippen LogP contribution in [0.5, 0.6) is 0 Å². The first kappa shape index (κ1) is 17.0. The number of rotatable bonds is 2. The van der Waals surface area contributed by atoms with Gasteiger partial charge >= 0.3 is 10.8 Å². The monoisotopic (exact) mass is 390 g/mol.